The van der Waals surface area contributed by atoms with Crippen molar-refractivity contribution in [2.75, 3.05) is 4.90 Å². The van der Waals surface area contributed by atoms with E-state index in [9.17, 15) is 4.79 Å². The zero-order chi connectivity index (χ0) is 13.1. The number of amides is 1. The van der Waals surface area contributed by atoms with Crippen LogP contribution >= 0.6 is 11.6 Å². The average Bonchev–Trinajstić information content (AvgIpc) is 2.75. The summed E-state index contributed by atoms with van der Waals surface area (Å²) in [5.74, 6) is 1.70. The Hall–Kier alpha value is -1.28. The number of halogens is 1. The smallest absolute Gasteiger partial charge is 0.224 e. The van der Waals surface area contributed by atoms with Crippen LogP contribution in [0.3, 0.4) is 0 Å². The van der Waals surface area contributed by atoms with Gasteiger partial charge in [0.1, 0.15) is 0 Å². The third kappa shape index (κ3) is 1.47. The van der Waals surface area contributed by atoms with Crippen molar-refractivity contribution in [1.82, 2.24) is 0 Å². The van der Waals surface area contributed by atoms with Crippen LogP contribution in [0.15, 0.2) is 30.4 Å². The first-order chi connectivity index (χ1) is 9.16. The van der Waals surface area contributed by atoms with Crippen molar-refractivity contribution in [2.24, 2.45) is 11.8 Å². The van der Waals surface area contributed by atoms with Crippen LogP contribution in [0.1, 0.15) is 31.2 Å². The second-order valence-electron chi connectivity index (χ2n) is 5.90. The summed E-state index contributed by atoms with van der Waals surface area (Å²) in [6.45, 7) is 1.67. The van der Waals surface area contributed by atoms with Gasteiger partial charge in [-0.2, -0.15) is 0 Å². The minimum atomic E-state index is 0.136. The van der Waals surface area contributed by atoms with E-state index in [1.807, 2.05) is 17.0 Å². The van der Waals surface area contributed by atoms with Crippen molar-refractivity contribution in [3.63, 3.8) is 0 Å². The van der Waals surface area contributed by atoms with Gasteiger partial charge in [0.15, 0.2) is 0 Å². The second kappa shape index (κ2) is 3.86. The maximum absolute atomic E-state index is 12.1. The molecule has 98 valence electrons. The first-order valence-corrected chi connectivity index (χ1v) is 7.32. The molecule has 3 aliphatic carbocycles. The number of allylic oxidation sites excluding steroid dienone is 1. The number of rotatable bonds is 0. The molecular weight excluding hydrogens is 258 g/mol. The molecule has 1 heterocycles. The summed E-state index contributed by atoms with van der Waals surface area (Å²) < 4.78 is 0. The molecule has 2 nitrogen and oxygen atoms in total. The standard InChI is InChI=1S/C16H16ClNO/c1-9(19)18-14-8-12(17)6-7-13(14)15-10-2-4-11(5-3-10)16(15)18/h2,4,6-8,10-11,15-16H,3,5H2,1H3/t10-,11+,15+,16+/m1/s1. The molecule has 1 aliphatic heterocycles. The highest BCUT2D eigenvalue weighted by atomic mass is 35.5. The highest BCUT2D eigenvalue weighted by Gasteiger charge is 2.50. The van der Waals surface area contributed by atoms with E-state index in [4.69, 9.17) is 11.6 Å². The number of benzene rings is 1. The fraction of sp³-hybridized carbons (Fsp3) is 0.438. The van der Waals surface area contributed by atoms with Gasteiger partial charge in [-0.25, -0.2) is 0 Å². The molecule has 5 rings (SSSR count). The molecule has 0 unspecified atom stereocenters. The predicted molar refractivity (Wildman–Crippen MR) is 76.5 cm³/mol. The molecule has 19 heavy (non-hydrogen) atoms. The van der Waals surface area contributed by atoms with Gasteiger partial charge in [0.25, 0.3) is 0 Å². The number of anilines is 1. The van der Waals surface area contributed by atoms with Crippen molar-refractivity contribution in [3.8, 4) is 0 Å². The van der Waals surface area contributed by atoms with Crippen LogP contribution in [0.25, 0.3) is 0 Å². The molecule has 1 saturated carbocycles. The summed E-state index contributed by atoms with van der Waals surface area (Å²) >= 11 is 6.13. The van der Waals surface area contributed by atoms with E-state index in [1.54, 1.807) is 6.92 Å². The topological polar surface area (TPSA) is 20.3 Å². The first kappa shape index (κ1) is 11.5. The molecule has 1 fully saturated rings. The SMILES string of the molecule is CC(=O)N1c2cc(Cl)ccc2[C@H]2[C@@H]1[C@H]1C=C[C@@H]2CC1. The predicted octanol–water partition coefficient (Wildman–Crippen LogP) is 3.75. The Morgan fingerprint density at radius 1 is 1.26 bits per heavy atom. The summed E-state index contributed by atoms with van der Waals surface area (Å²) in [4.78, 5) is 14.1. The van der Waals surface area contributed by atoms with Gasteiger partial charge in [-0.3, -0.25) is 4.79 Å². The number of hydrogen-bond donors (Lipinski definition) is 0. The lowest BCUT2D eigenvalue weighted by atomic mass is 9.65. The quantitative estimate of drug-likeness (QED) is 0.659. The normalized spacial score (nSPS) is 34.3. The molecule has 0 N–H and O–H groups in total. The van der Waals surface area contributed by atoms with E-state index in [2.05, 4.69) is 18.2 Å². The molecular formula is C16H16ClNO. The van der Waals surface area contributed by atoms with Crippen molar-refractivity contribution in [3.05, 3.63) is 40.9 Å². The number of nitrogens with zero attached hydrogens (tertiary/aromatic N) is 1. The van der Waals surface area contributed by atoms with E-state index < -0.39 is 0 Å². The summed E-state index contributed by atoms with van der Waals surface area (Å²) in [5, 5.41) is 0.712. The molecule has 3 heteroatoms. The molecule has 1 aromatic rings. The molecule has 1 amide bonds. The number of hydrogen-bond acceptors (Lipinski definition) is 1. The van der Waals surface area contributed by atoms with Crippen LogP contribution in [0, 0.1) is 11.8 Å². The van der Waals surface area contributed by atoms with Gasteiger partial charge in [-0.1, -0.05) is 29.8 Å². The van der Waals surface area contributed by atoms with Crippen molar-refractivity contribution in [2.45, 2.75) is 31.7 Å². The Morgan fingerprint density at radius 2 is 2.00 bits per heavy atom. The fourth-order valence-corrected chi connectivity index (χ4v) is 4.45. The maximum Gasteiger partial charge on any atom is 0.224 e. The zero-order valence-electron chi connectivity index (χ0n) is 10.8. The number of fused-ring (bicyclic) bond motifs is 2. The Kier molecular flexibility index (Phi) is 2.34. The molecule has 0 aromatic heterocycles. The molecule has 0 saturated heterocycles. The molecule has 4 atom stereocenters. The zero-order valence-corrected chi connectivity index (χ0v) is 11.6. The minimum absolute atomic E-state index is 0.136. The summed E-state index contributed by atoms with van der Waals surface area (Å²) in [7, 11) is 0. The van der Waals surface area contributed by atoms with Gasteiger partial charge in [0.2, 0.25) is 5.91 Å². The van der Waals surface area contributed by atoms with E-state index in [0.717, 1.165) is 5.69 Å². The molecule has 0 spiro atoms. The first-order valence-electron chi connectivity index (χ1n) is 6.94. The van der Waals surface area contributed by atoms with Gasteiger partial charge in [0.05, 0.1) is 6.04 Å². The highest BCUT2D eigenvalue weighted by molar-refractivity contribution is 6.31. The van der Waals surface area contributed by atoms with Crippen molar-refractivity contribution >= 4 is 23.2 Å². The lowest BCUT2D eigenvalue weighted by Gasteiger charge is -2.44. The van der Waals surface area contributed by atoms with E-state index in [-0.39, 0.29) is 5.91 Å². The minimum Gasteiger partial charge on any atom is -0.308 e. The van der Waals surface area contributed by atoms with Crippen LogP contribution < -0.4 is 4.90 Å². The number of carbonyl (C=O) groups excluding carboxylic acids is 1. The molecule has 4 aliphatic rings. The Labute approximate surface area is 118 Å². The Bertz CT molecular complexity index is 594. The summed E-state index contributed by atoms with van der Waals surface area (Å²) in [6.07, 6.45) is 7.13. The van der Waals surface area contributed by atoms with Crippen LogP contribution in [-0.4, -0.2) is 11.9 Å². The summed E-state index contributed by atoms with van der Waals surface area (Å²) in [6, 6.07) is 6.34. The Morgan fingerprint density at radius 3 is 2.68 bits per heavy atom. The van der Waals surface area contributed by atoms with Crippen LogP contribution in [0.4, 0.5) is 5.69 Å². The molecule has 2 bridgehead atoms. The maximum atomic E-state index is 12.1. The molecule has 0 radical (unpaired) electrons. The lowest BCUT2D eigenvalue weighted by Crippen LogP contribution is -2.48. The lowest BCUT2D eigenvalue weighted by molar-refractivity contribution is -0.117. The van der Waals surface area contributed by atoms with Gasteiger partial charge < -0.3 is 4.90 Å². The number of carbonyl (C=O) groups is 1. The average molecular weight is 274 g/mol. The van der Waals surface area contributed by atoms with Gasteiger partial charge in [-0.15, -0.1) is 0 Å². The van der Waals surface area contributed by atoms with Crippen molar-refractivity contribution in [1.29, 1.82) is 0 Å². The van der Waals surface area contributed by atoms with Gasteiger partial charge in [-0.05, 0) is 42.4 Å². The third-order valence-electron chi connectivity index (χ3n) is 4.96. The van der Waals surface area contributed by atoms with Gasteiger partial charge >= 0.3 is 0 Å². The Balaban J connectivity index is 1.92. The van der Waals surface area contributed by atoms with Gasteiger partial charge in [0, 0.05) is 23.6 Å². The van der Waals surface area contributed by atoms with Crippen molar-refractivity contribution < 1.29 is 4.79 Å². The fourth-order valence-electron chi connectivity index (χ4n) is 4.28. The van der Waals surface area contributed by atoms with E-state index in [1.165, 1.54) is 18.4 Å². The van der Waals surface area contributed by atoms with E-state index in [0.29, 0.717) is 28.8 Å². The highest BCUT2D eigenvalue weighted by Crippen LogP contribution is 2.55. The van der Waals surface area contributed by atoms with E-state index >= 15 is 0 Å². The summed E-state index contributed by atoms with van der Waals surface area (Å²) in [5.41, 5.74) is 2.35. The van der Waals surface area contributed by atoms with Crippen LogP contribution in [-0.2, 0) is 4.79 Å². The third-order valence-corrected chi connectivity index (χ3v) is 5.19. The monoisotopic (exact) mass is 273 g/mol. The van der Waals surface area contributed by atoms with Crippen LogP contribution in [0.2, 0.25) is 5.02 Å². The molecule has 1 aromatic carbocycles. The second-order valence-corrected chi connectivity index (χ2v) is 6.33. The largest absolute Gasteiger partial charge is 0.308 e. The van der Waals surface area contributed by atoms with Crippen LogP contribution in [0.5, 0.6) is 0 Å².